The molecular formula is C13H15F3N2O3. The van der Waals surface area contributed by atoms with Crippen molar-refractivity contribution < 1.29 is 27.5 Å². The second kappa shape index (κ2) is 7.05. The van der Waals surface area contributed by atoms with E-state index >= 15 is 0 Å². The van der Waals surface area contributed by atoms with Gasteiger partial charge < -0.3 is 9.64 Å². The first-order chi connectivity index (χ1) is 9.79. The minimum atomic E-state index is -4.54. The molecular weight excluding hydrogens is 289 g/mol. The number of alkyl halides is 3. The molecule has 1 rings (SSSR count). The Labute approximate surface area is 119 Å². The van der Waals surface area contributed by atoms with E-state index in [1.165, 1.54) is 12.0 Å². The van der Waals surface area contributed by atoms with Gasteiger partial charge in [0.1, 0.15) is 5.69 Å². The van der Waals surface area contributed by atoms with Crippen LogP contribution in [0.1, 0.15) is 29.4 Å². The van der Waals surface area contributed by atoms with Crippen LogP contribution >= 0.6 is 0 Å². The zero-order valence-electron chi connectivity index (χ0n) is 11.6. The standard InChI is InChI=1S/C13H15F3N2O3/c1-3-18(7-6-11(19)21-2)12(20)9-4-5-10(17-8-9)13(14,15)16/h4-5,8H,3,6-7H2,1-2H3. The monoisotopic (exact) mass is 304 g/mol. The van der Waals surface area contributed by atoms with Crippen LogP contribution in [-0.2, 0) is 15.7 Å². The fraction of sp³-hybridized carbons (Fsp3) is 0.462. The first kappa shape index (κ1) is 16.9. The molecule has 1 amide bonds. The maximum absolute atomic E-state index is 12.4. The number of ether oxygens (including phenoxy) is 1. The fourth-order valence-electron chi connectivity index (χ4n) is 1.60. The molecule has 0 aliphatic carbocycles. The van der Waals surface area contributed by atoms with Crippen LogP contribution in [0.5, 0.6) is 0 Å². The summed E-state index contributed by atoms with van der Waals surface area (Å²) in [7, 11) is 1.24. The summed E-state index contributed by atoms with van der Waals surface area (Å²) in [6, 6.07) is 1.82. The Kier molecular flexibility index (Phi) is 5.69. The minimum absolute atomic E-state index is 0.0180. The third-order valence-corrected chi connectivity index (χ3v) is 2.78. The highest BCUT2D eigenvalue weighted by Crippen LogP contribution is 2.27. The van der Waals surface area contributed by atoms with Crippen molar-refractivity contribution in [1.29, 1.82) is 0 Å². The van der Waals surface area contributed by atoms with Gasteiger partial charge in [0.2, 0.25) is 0 Å². The molecule has 21 heavy (non-hydrogen) atoms. The van der Waals surface area contributed by atoms with Crippen LogP contribution in [0.15, 0.2) is 18.3 Å². The Morgan fingerprint density at radius 2 is 2.00 bits per heavy atom. The van der Waals surface area contributed by atoms with Gasteiger partial charge in [0.15, 0.2) is 0 Å². The van der Waals surface area contributed by atoms with E-state index in [4.69, 9.17) is 0 Å². The van der Waals surface area contributed by atoms with Crippen LogP contribution in [0.3, 0.4) is 0 Å². The van der Waals surface area contributed by atoms with Gasteiger partial charge in [-0.15, -0.1) is 0 Å². The number of carbonyl (C=O) groups excluding carboxylic acids is 2. The Balaban J connectivity index is 2.78. The normalized spacial score (nSPS) is 11.1. The molecule has 1 aromatic rings. The highest BCUT2D eigenvalue weighted by molar-refractivity contribution is 5.94. The second-order valence-corrected chi connectivity index (χ2v) is 4.14. The number of hydrogen-bond donors (Lipinski definition) is 0. The number of carbonyl (C=O) groups is 2. The number of halogens is 3. The topological polar surface area (TPSA) is 59.5 Å². The molecule has 0 radical (unpaired) electrons. The highest BCUT2D eigenvalue weighted by Gasteiger charge is 2.32. The predicted octanol–water partition coefficient (Wildman–Crippen LogP) is 2.13. The van der Waals surface area contributed by atoms with E-state index in [1.807, 2.05) is 0 Å². The number of hydrogen-bond acceptors (Lipinski definition) is 4. The molecule has 0 spiro atoms. The molecule has 0 aliphatic rings. The number of pyridine rings is 1. The van der Waals surface area contributed by atoms with Gasteiger partial charge >= 0.3 is 12.1 Å². The fourth-order valence-corrected chi connectivity index (χ4v) is 1.60. The lowest BCUT2D eigenvalue weighted by Gasteiger charge is -2.20. The SMILES string of the molecule is CCN(CCC(=O)OC)C(=O)c1ccc(C(F)(F)F)nc1. The minimum Gasteiger partial charge on any atom is -0.469 e. The molecule has 0 N–H and O–H groups in total. The Morgan fingerprint density at radius 3 is 2.43 bits per heavy atom. The lowest BCUT2D eigenvalue weighted by atomic mass is 10.2. The van der Waals surface area contributed by atoms with Crippen LogP contribution < -0.4 is 0 Å². The molecule has 0 fully saturated rings. The molecule has 8 heteroatoms. The van der Waals surface area contributed by atoms with Gasteiger partial charge in [0.05, 0.1) is 19.1 Å². The van der Waals surface area contributed by atoms with E-state index in [2.05, 4.69) is 9.72 Å². The van der Waals surface area contributed by atoms with Gasteiger partial charge in [-0.05, 0) is 19.1 Å². The molecule has 0 bridgehead atoms. The lowest BCUT2D eigenvalue weighted by molar-refractivity contribution is -0.141. The number of nitrogens with zero attached hydrogens (tertiary/aromatic N) is 2. The molecule has 116 valence electrons. The highest BCUT2D eigenvalue weighted by atomic mass is 19.4. The summed E-state index contributed by atoms with van der Waals surface area (Å²) in [6.45, 7) is 2.15. The van der Waals surface area contributed by atoms with Gasteiger partial charge in [0.25, 0.3) is 5.91 Å². The molecule has 0 saturated heterocycles. The van der Waals surface area contributed by atoms with Crippen molar-refractivity contribution in [1.82, 2.24) is 9.88 Å². The van der Waals surface area contributed by atoms with Crippen LogP contribution in [0.4, 0.5) is 13.2 Å². The van der Waals surface area contributed by atoms with Crippen molar-refractivity contribution >= 4 is 11.9 Å². The molecule has 0 saturated carbocycles. The number of rotatable bonds is 5. The summed E-state index contributed by atoms with van der Waals surface area (Å²) in [4.78, 5) is 27.7. The van der Waals surface area contributed by atoms with E-state index in [1.54, 1.807) is 6.92 Å². The Morgan fingerprint density at radius 1 is 1.33 bits per heavy atom. The number of methoxy groups -OCH3 is 1. The summed E-state index contributed by atoms with van der Waals surface area (Å²) in [5, 5.41) is 0. The number of amides is 1. The maximum atomic E-state index is 12.4. The maximum Gasteiger partial charge on any atom is 0.433 e. The Bertz CT molecular complexity index is 500. The second-order valence-electron chi connectivity index (χ2n) is 4.14. The van der Waals surface area contributed by atoms with Crippen molar-refractivity contribution in [2.24, 2.45) is 0 Å². The van der Waals surface area contributed by atoms with Crippen molar-refractivity contribution in [3.63, 3.8) is 0 Å². The molecule has 1 aromatic heterocycles. The molecule has 5 nitrogen and oxygen atoms in total. The van der Waals surface area contributed by atoms with Gasteiger partial charge in [-0.2, -0.15) is 13.2 Å². The van der Waals surface area contributed by atoms with Crippen molar-refractivity contribution in [3.05, 3.63) is 29.6 Å². The zero-order valence-corrected chi connectivity index (χ0v) is 11.6. The third-order valence-electron chi connectivity index (χ3n) is 2.78. The number of aromatic nitrogens is 1. The third kappa shape index (κ3) is 4.73. The molecule has 0 atom stereocenters. The summed E-state index contributed by atoms with van der Waals surface area (Å²) in [5.74, 6) is -0.950. The van der Waals surface area contributed by atoms with Crippen LogP contribution in [-0.4, -0.2) is 42.0 Å². The van der Waals surface area contributed by atoms with Gasteiger partial charge in [0, 0.05) is 19.3 Å². The number of esters is 1. The first-order valence-corrected chi connectivity index (χ1v) is 6.19. The summed E-state index contributed by atoms with van der Waals surface area (Å²) >= 11 is 0. The van der Waals surface area contributed by atoms with Gasteiger partial charge in [-0.3, -0.25) is 14.6 Å². The van der Waals surface area contributed by atoms with Crippen LogP contribution in [0.2, 0.25) is 0 Å². The van der Waals surface area contributed by atoms with E-state index in [0.29, 0.717) is 6.54 Å². The Hall–Kier alpha value is -2.12. The molecule has 0 aliphatic heterocycles. The molecule has 1 heterocycles. The van der Waals surface area contributed by atoms with Gasteiger partial charge in [-0.25, -0.2) is 0 Å². The largest absolute Gasteiger partial charge is 0.469 e. The predicted molar refractivity (Wildman–Crippen MR) is 67.4 cm³/mol. The average molecular weight is 304 g/mol. The van der Waals surface area contributed by atoms with Crippen molar-refractivity contribution in [2.45, 2.75) is 19.5 Å². The van der Waals surface area contributed by atoms with Crippen molar-refractivity contribution in [2.75, 3.05) is 20.2 Å². The summed E-state index contributed by atoms with van der Waals surface area (Å²) in [5.41, 5.74) is -1.02. The average Bonchev–Trinajstić information content (AvgIpc) is 2.46. The van der Waals surface area contributed by atoms with Crippen LogP contribution in [0, 0.1) is 0 Å². The van der Waals surface area contributed by atoms with Gasteiger partial charge in [-0.1, -0.05) is 0 Å². The zero-order chi connectivity index (χ0) is 16.0. The molecule has 0 unspecified atom stereocenters. The quantitative estimate of drug-likeness (QED) is 0.782. The first-order valence-electron chi connectivity index (χ1n) is 6.19. The lowest BCUT2D eigenvalue weighted by Crippen LogP contribution is -2.33. The smallest absolute Gasteiger partial charge is 0.433 e. The van der Waals surface area contributed by atoms with E-state index in [0.717, 1.165) is 18.3 Å². The van der Waals surface area contributed by atoms with Crippen molar-refractivity contribution in [3.8, 4) is 0 Å². The summed E-state index contributed by atoms with van der Waals surface area (Å²) < 4.78 is 41.6. The van der Waals surface area contributed by atoms with E-state index in [9.17, 15) is 22.8 Å². The van der Waals surface area contributed by atoms with Crippen LogP contribution in [0.25, 0.3) is 0 Å². The van der Waals surface area contributed by atoms with E-state index < -0.39 is 23.7 Å². The van der Waals surface area contributed by atoms with E-state index in [-0.39, 0.29) is 18.5 Å². The summed E-state index contributed by atoms with van der Waals surface area (Å²) in [6.07, 6.45) is -3.65. The molecule has 0 aromatic carbocycles.